The quantitative estimate of drug-likeness (QED) is 0.856. The van der Waals surface area contributed by atoms with Gasteiger partial charge in [-0.3, -0.25) is 0 Å². The summed E-state index contributed by atoms with van der Waals surface area (Å²) in [4.78, 5) is 0. The van der Waals surface area contributed by atoms with Gasteiger partial charge in [-0.2, -0.15) is 0 Å². The lowest BCUT2D eigenvalue weighted by molar-refractivity contribution is 0.0938. The predicted octanol–water partition coefficient (Wildman–Crippen LogP) is 2.84. The number of nitrogens with two attached hydrogens (primary N) is 1. The third-order valence-electron chi connectivity index (χ3n) is 2.57. The van der Waals surface area contributed by atoms with Gasteiger partial charge >= 0.3 is 0 Å². The van der Waals surface area contributed by atoms with E-state index in [2.05, 4.69) is 20.8 Å². The molecular formula is C14H23NO2. The van der Waals surface area contributed by atoms with Gasteiger partial charge in [0.1, 0.15) is 17.6 Å². The van der Waals surface area contributed by atoms with Gasteiger partial charge in [0.05, 0.1) is 6.61 Å². The monoisotopic (exact) mass is 237 g/mol. The van der Waals surface area contributed by atoms with Crippen LogP contribution in [-0.4, -0.2) is 19.3 Å². The van der Waals surface area contributed by atoms with Gasteiger partial charge in [-0.05, 0) is 19.1 Å². The summed E-state index contributed by atoms with van der Waals surface area (Å²) in [5, 5.41) is 0. The Bertz CT molecular complexity index is 344. The molecule has 0 saturated heterocycles. The molecule has 2 N–H and O–H groups in total. The Hall–Kier alpha value is -1.22. The Morgan fingerprint density at radius 2 is 1.88 bits per heavy atom. The van der Waals surface area contributed by atoms with Gasteiger partial charge in [-0.15, -0.1) is 0 Å². The summed E-state index contributed by atoms with van der Waals surface area (Å²) < 4.78 is 11.3. The van der Waals surface area contributed by atoms with Crippen molar-refractivity contribution in [3.8, 4) is 11.5 Å². The standard InChI is InChI=1S/C14H23NO2/c1-5-16-11-7-6-8-12(9-11)17-13(10-15)14(2,3)4/h6-9,13H,5,10,15H2,1-4H3. The van der Waals surface area contributed by atoms with Gasteiger partial charge in [-0.1, -0.05) is 26.8 Å². The van der Waals surface area contributed by atoms with Crippen LogP contribution >= 0.6 is 0 Å². The van der Waals surface area contributed by atoms with Gasteiger partial charge in [-0.25, -0.2) is 0 Å². The van der Waals surface area contributed by atoms with Crippen molar-refractivity contribution in [2.75, 3.05) is 13.2 Å². The minimum atomic E-state index is -0.000577. The Morgan fingerprint density at radius 1 is 1.24 bits per heavy atom. The molecule has 0 radical (unpaired) electrons. The molecule has 3 nitrogen and oxygen atoms in total. The zero-order valence-corrected chi connectivity index (χ0v) is 11.2. The maximum absolute atomic E-state index is 5.91. The molecule has 0 spiro atoms. The van der Waals surface area contributed by atoms with Crippen LogP contribution in [-0.2, 0) is 0 Å². The Labute approximate surface area is 104 Å². The van der Waals surface area contributed by atoms with E-state index in [4.69, 9.17) is 15.2 Å². The normalized spacial score (nSPS) is 13.2. The minimum absolute atomic E-state index is 0.000577. The number of ether oxygens (including phenoxy) is 2. The molecule has 1 rings (SSSR count). The average molecular weight is 237 g/mol. The molecule has 0 saturated carbocycles. The highest BCUT2D eigenvalue weighted by atomic mass is 16.5. The Kier molecular flexibility index (Phi) is 4.82. The van der Waals surface area contributed by atoms with Crippen LogP contribution in [0.25, 0.3) is 0 Å². The largest absolute Gasteiger partial charge is 0.494 e. The Balaban J connectivity index is 2.76. The topological polar surface area (TPSA) is 44.5 Å². The lowest BCUT2D eigenvalue weighted by atomic mass is 9.89. The molecule has 0 aliphatic heterocycles. The van der Waals surface area contributed by atoms with Crippen molar-refractivity contribution in [3.05, 3.63) is 24.3 Å². The smallest absolute Gasteiger partial charge is 0.123 e. The van der Waals surface area contributed by atoms with E-state index >= 15 is 0 Å². The zero-order valence-electron chi connectivity index (χ0n) is 11.2. The van der Waals surface area contributed by atoms with E-state index in [1.165, 1.54) is 0 Å². The van der Waals surface area contributed by atoms with Crippen LogP contribution in [0.15, 0.2) is 24.3 Å². The third-order valence-corrected chi connectivity index (χ3v) is 2.57. The molecule has 0 heterocycles. The molecular weight excluding hydrogens is 214 g/mol. The van der Waals surface area contributed by atoms with Gasteiger partial charge in [0, 0.05) is 18.0 Å². The highest BCUT2D eigenvalue weighted by Crippen LogP contribution is 2.26. The highest BCUT2D eigenvalue weighted by Gasteiger charge is 2.25. The van der Waals surface area contributed by atoms with Crippen molar-refractivity contribution in [3.63, 3.8) is 0 Å². The van der Waals surface area contributed by atoms with Crippen molar-refractivity contribution in [1.82, 2.24) is 0 Å². The predicted molar refractivity (Wildman–Crippen MR) is 70.5 cm³/mol. The fraction of sp³-hybridized carbons (Fsp3) is 0.571. The first-order valence-corrected chi connectivity index (χ1v) is 6.07. The van der Waals surface area contributed by atoms with E-state index in [0.29, 0.717) is 13.2 Å². The van der Waals surface area contributed by atoms with E-state index in [1.54, 1.807) is 0 Å². The van der Waals surface area contributed by atoms with Gasteiger partial charge in [0.2, 0.25) is 0 Å². The van der Waals surface area contributed by atoms with E-state index < -0.39 is 0 Å². The van der Waals surface area contributed by atoms with E-state index in [9.17, 15) is 0 Å². The summed E-state index contributed by atoms with van der Waals surface area (Å²) >= 11 is 0. The van der Waals surface area contributed by atoms with E-state index in [-0.39, 0.29) is 11.5 Å². The number of hydrogen-bond acceptors (Lipinski definition) is 3. The molecule has 0 bridgehead atoms. The van der Waals surface area contributed by atoms with Gasteiger partial charge in [0.15, 0.2) is 0 Å². The molecule has 1 unspecified atom stereocenters. The minimum Gasteiger partial charge on any atom is -0.494 e. The summed E-state index contributed by atoms with van der Waals surface area (Å²) in [6.45, 7) is 9.49. The Morgan fingerprint density at radius 3 is 2.41 bits per heavy atom. The molecule has 0 aliphatic carbocycles. The first kappa shape index (κ1) is 13.8. The van der Waals surface area contributed by atoms with Crippen LogP contribution < -0.4 is 15.2 Å². The summed E-state index contributed by atoms with van der Waals surface area (Å²) in [5.41, 5.74) is 5.77. The molecule has 1 atom stereocenters. The highest BCUT2D eigenvalue weighted by molar-refractivity contribution is 5.33. The second-order valence-corrected chi connectivity index (χ2v) is 5.12. The van der Waals surface area contributed by atoms with Crippen LogP contribution in [0.3, 0.4) is 0 Å². The molecule has 0 aromatic heterocycles. The van der Waals surface area contributed by atoms with Crippen LogP contribution in [0, 0.1) is 5.41 Å². The van der Waals surface area contributed by atoms with Crippen molar-refractivity contribution in [2.24, 2.45) is 11.1 Å². The van der Waals surface area contributed by atoms with Crippen LogP contribution in [0.4, 0.5) is 0 Å². The summed E-state index contributed by atoms with van der Waals surface area (Å²) in [5.74, 6) is 1.64. The van der Waals surface area contributed by atoms with Crippen LogP contribution in [0.2, 0.25) is 0 Å². The summed E-state index contributed by atoms with van der Waals surface area (Å²) in [6, 6.07) is 7.68. The second kappa shape index (κ2) is 5.92. The van der Waals surface area contributed by atoms with E-state index in [0.717, 1.165) is 11.5 Å². The summed E-state index contributed by atoms with van der Waals surface area (Å²) in [7, 11) is 0. The van der Waals surface area contributed by atoms with Gasteiger partial charge < -0.3 is 15.2 Å². The molecule has 0 aliphatic rings. The lowest BCUT2D eigenvalue weighted by Crippen LogP contribution is -2.38. The summed E-state index contributed by atoms with van der Waals surface area (Å²) in [6.07, 6.45) is -0.000577. The lowest BCUT2D eigenvalue weighted by Gasteiger charge is -2.30. The van der Waals surface area contributed by atoms with Crippen molar-refractivity contribution >= 4 is 0 Å². The molecule has 17 heavy (non-hydrogen) atoms. The third kappa shape index (κ3) is 4.27. The van der Waals surface area contributed by atoms with Crippen LogP contribution in [0.5, 0.6) is 11.5 Å². The van der Waals surface area contributed by atoms with Crippen molar-refractivity contribution in [1.29, 1.82) is 0 Å². The average Bonchev–Trinajstić information content (AvgIpc) is 2.25. The van der Waals surface area contributed by atoms with E-state index in [1.807, 2.05) is 31.2 Å². The molecule has 96 valence electrons. The van der Waals surface area contributed by atoms with Crippen molar-refractivity contribution < 1.29 is 9.47 Å². The zero-order chi connectivity index (χ0) is 12.9. The number of benzene rings is 1. The molecule has 3 heteroatoms. The number of rotatable bonds is 5. The molecule has 0 fully saturated rings. The van der Waals surface area contributed by atoms with Gasteiger partial charge in [0.25, 0.3) is 0 Å². The molecule has 1 aromatic carbocycles. The fourth-order valence-corrected chi connectivity index (χ4v) is 1.55. The van der Waals surface area contributed by atoms with Crippen molar-refractivity contribution in [2.45, 2.75) is 33.8 Å². The molecule has 0 amide bonds. The maximum atomic E-state index is 5.91. The first-order valence-electron chi connectivity index (χ1n) is 6.07. The maximum Gasteiger partial charge on any atom is 0.123 e. The fourth-order valence-electron chi connectivity index (χ4n) is 1.55. The first-order chi connectivity index (χ1) is 7.97. The second-order valence-electron chi connectivity index (χ2n) is 5.12. The molecule has 1 aromatic rings. The SMILES string of the molecule is CCOc1cccc(OC(CN)C(C)(C)C)c1. The number of hydrogen-bond donors (Lipinski definition) is 1. The van der Waals surface area contributed by atoms with Crippen LogP contribution in [0.1, 0.15) is 27.7 Å².